The lowest BCUT2D eigenvalue weighted by atomic mass is 10.0. The van der Waals surface area contributed by atoms with Gasteiger partial charge in [-0.2, -0.15) is 0 Å². The van der Waals surface area contributed by atoms with Crippen LogP contribution in [-0.2, 0) is 0 Å². The molecule has 1 amide bonds. The Morgan fingerprint density at radius 3 is 2.66 bits per heavy atom. The molecular formula is C20H13Cl2N3O4. The number of nitrogens with zero attached hydrogens (tertiary/aromatic N) is 2. The number of benzene rings is 2. The first-order valence-electron chi connectivity index (χ1n) is 8.48. The van der Waals surface area contributed by atoms with Crippen molar-refractivity contribution >= 4 is 45.9 Å². The molecule has 0 bridgehead atoms. The number of hydrogen-bond acceptors (Lipinski definition) is 6. The SMILES string of the molecule is Cc1ccc(C)c(-c2nonc2NC(=O)c2cc(=O)c3cc(Cl)cc(Cl)c3o2)c1. The molecule has 1 N–H and O–H groups in total. The molecule has 2 heterocycles. The number of carbonyl (C=O) groups excluding carboxylic acids is 1. The van der Waals surface area contributed by atoms with E-state index in [4.69, 9.17) is 32.2 Å². The summed E-state index contributed by atoms with van der Waals surface area (Å²) in [5.74, 6) is -0.826. The van der Waals surface area contributed by atoms with Gasteiger partial charge in [-0.1, -0.05) is 40.9 Å². The van der Waals surface area contributed by atoms with Crippen molar-refractivity contribution in [3.63, 3.8) is 0 Å². The summed E-state index contributed by atoms with van der Waals surface area (Å²) in [5.41, 5.74) is 2.70. The van der Waals surface area contributed by atoms with Crippen molar-refractivity contribution in [1.29, 1.82) is 0 Å². The Labute approximate surface area is 174 Å². The molecule has 0 saturated carbocycles. The summed E-state index contributed by atoms with van der Waals surface area (Å²) in [4.78, 5) is 25.1. The lowest BCUT2D eigenvalue weighted by Crippen LogP contribution is -2.16. The second-order valence-electron chi connectivity index (χ2n) is 6.47. The van der Waals surface area contributed by atoms with Crippen LogP contribution in [0, 0.1) is 13.8 Å². The van der Waals surface area contributed by atoms with Gasteiger partial charge in [-0.3, -0.25) is 14.9 Å². The van der Waals surface area contributed by atoms with Crippen molar-refractivity contribution in [3.05, 3.63) is 73.6 Å². The van der Waals surface area contributed by atoms with E-state index < -0.39 is 11.3 Å². The number of aryl methyl sites for hydroxylation is 2. The highest BCUT2D eigenvalue weighted by Crippen LogP contribution is 2.30. The molecule has 0 radical (unpaired) electrons. The lowest BCUT2D eigenvalue weighted by molar-refractivity contribution is 0.0996. The van der Waals surface area contributed by atoms with Crippen LogP contribution in [0.25, 0.3) is 22.2 Å². The van der Waals surface area contributed by atoms with Gasteiger partial charge in [0.05, 0.1) is 10.4 Å². The summed E-state index contributed by atoms with van der Waals surface area (Å²) >= 11 is 12.0. The summed E-state index contributed by atoms with van der Waals surface area (Å²) in [6, 6.07) is 9.72. The Balaban J connectivity index is 1.72. The summed E-state index contributed by atoms with van der Waals surface area (Å²) in [6.07, 6.45) is 0. The van der Waals surface area contributed by atoms with Gasteiger partial charge in [-0.25, -0.2) is 4.63 Å². The minimum absolute atomic E-state index is 0.0711. The minimum Gasteiger partial charge on any atom is -0.449 e. The van der Waals surface area contributed by atoms with Gasteiger partial charge in [0.25, 0.3) is 5.91 Å². The maximum atomic E-state index is 12.7. The van der Waals surface area contributed by atoms with E-state index in [1.165, 1.54) is 12.1 Å². The smallest absolute Gasteiger partial charge is 0.292 e. The van der Waals surface area contributed by atoms with Crippen molar-refractivity contribution < 1.29 is 13.8 Å². The van der Waals surface area contributed by atoms with Crippen molar-refractivity contribution in [2.45, 2.75) is 13.8 Å². The van der Waals surface area contributed by atoms with E-state index in [-0.39, 0.29) is 27.6 Å². The first-order chi connectivity index (χ1) is 13.8. The molecule has 0 aliphatic heterocycles. The van der Waals surface area contributed by atoms with Gasteiger partial charge in [-0.15, -0.1) is 0 Å². The predicted octanol–water partition coefficient (Wildman–Crippen LogP) is 5.02. The molecule has 146 valence electrons. The Bertz CT molecular complexity index is 1330. The third-order valence-electron chi connectivity index (χ3n) is 4.34. The monoisotopic (exact) mass is 429 g/mol. The molecule has 4 rings (SSSR count). The zero-order chi connectivity index (χ0) is 20.7. The topological polar surface area (TPSA) is 98.2 Å². The third kappa shape index (κ3) is 3.62. The van der Waals surface area contributed by atoms with Crippen LogP contribution in [0.3, 0.4) is 0 Å². The quantitative estimate of drug-likeness (QED) is 0.490. The van der Waals surface area contributed by atoms with Crippen LogP contribution in [0.2, 0.25) is 10.0 Å². The Kier molecular flexibility index (Phi) is 4.86. The highest BCUT2D eigenvalue weighted by molar-refractivity contribution is 6.38. The summed E-state index contributed by atoms with van der Waals surface area (Å²) in [5, 5.41) is 10.8. The molecule has 0 atom stereocenters. The molecule has 4 aromatic rings. The second kappa shape index (κ2) is 7.35. The second-order valence-corrected chi connectivity index (χ2v) is 7.32. The lowest BCUT2D eigenvalue weighted by Gasteiger charge is -2.07. The van der Waals surface area contributed by atoms with Crippen LogP contribution < -0.4 is 10.7 Å². The third-order valence-corrected chi connectivity index (χ3v) is 4.84. The van der Waals surface area contributed by atoms with Crippen molar-refractivity contribution in [3.8, 4) is 11.3 Å². The van der Waals surface area contributed by atoms with E-state index in [2.05, 4.69) is 15.6 Å². The maximum Gasteiger partial charge on any atom is 0.292 e. The number of hydrogen-bond donors (Lipinski definition) is 1. The number of amides is 1. The molecule has 0 aliphatic rings. The molecule has 7 nitrogen and oxygen atoms in total. The molecular weight excluding hydrogens is 417 g/mol. The number of aromatic nitrogens is 2. The van der Waals surface area contributed by atoms with E-state index >= 15 is 0 Å². The average molecular weight is 430 g/mol. The van der Waals surface area contributed by atoms with Crippen LogP contribution in [0.15, 0.2) is 50.2 Å². The number of rotatable bonds is 3. The van der Waals surface area contributed by atoms with Crippen LogP contribution in [0.4, 0.5) is 5.82 Å². The van der Waals surface area contributed by atoms with E-state index in [0.717, 1.165) is 22.8 Å². The van der Waals surface area contributed by atoms with E-state index in [0.29, 0.717) is 10.7 Å². The molecule has 9 heteroatoms. The van der Waals surface area contributed by atoms with Crippen LogP contribution >= 0.6 is 23.2 Å². The van der Waals surface area contributed by atoms with Gasteiger partial charge in [0.1, 0.15) is 0 Å². The molecule has 2 aromatic heterocycles. The van der Waals surface area contributed by atoms with Gasteiger partial charge in [-0.05, 0) is 47.9 Å². The predicted molar refractivity (Wildman–Crippen MR) is 110 cm³/mol. The van der Waals surface area contributed by atoms with Crippen LogP contribution in [0.5, 0.6) is 0 Å². The van der Waals surface area contributed by atoms with Crippen molar-refractivity contribution in [2.24, 2.45) is 0 Å². The number of nitrogens with one attached hydrogen (secondary N) is 1. The van der Waals surface area contributed by atoms with Gasteiger partial charge in [0.15, 0.2) is 22.5 Å². The number of carbonyl (C=O) groups is 1. The molecule has 0 fully saturated rings. The first-order valence-corrected chi connectivity index (χ1v) is 9.23. The zero-order valence-electron chi connectivity index (χ0n) is 15.2. The molecule has 0 aliphatic carbocycles. The fourth-order valence-corrected chi connectivity index (χ4v) is 3.43. The standard InChI is InChI=1S/C20H13Cl2N3O4/c1-9-3-4-10(2)12(5-9)17-19(25-29-24-17)23-20(27)16-8-15(26)13-6-11(21)7-14(22)18(13)28-16/h3-8H,1-2H3,(H,23,25,27). The summed E-state index contributed by atoms with van der Waals surface area (Å²) in [7, 11) is 0. The summed E-state index contributed by atoms with van der Waals surface area (Å²) in [6.45, 7) is 3.85. The molecule has 29 heavy (non-hydrogen) atoms. The fourth-order valence-electron chi connectivity index (χ4n) is 2.90. The average Bonchev–Trinajstić information content (AvgIpc) is 3.12. The van der Waals surface area contributed by atoms with Gasteiger partial charge >= 0.3 is 0 Å². The molecule has 2 aromatic carbocycles. The largest absolute Gasteiger partial charge is 0.449 e. The number of halogens is 2. The van der Waals surface area contributed by atoms with Gasteiger partial charge < -0.3 is 4.42 Å². The van der Waals surface area contributed by atoms with E-state index in [9.17, 15) is 9.59 Å². The van der Waals surface area contributed by atoms with Crippen LogP contribution in [0.1, 0.15) is 21.7 Å². The Hall–Kier alpha value is -3.16. The molecule has 0 unspecified atom stereocenters. The number of fused-ring (bicyclic) bond motifs is 1. The van der Waals surface area contributed by atoms with Gasteiger partial charge in [0, 0.05) is 16.7 Å². The van der Waals surface area contributed by atoms with E-state index in [1.54, 1.807) is 0 Å². The normalized spacial score (nSPS) is 11.0. The Morgan fingerprint density at radius 1 is 1.07 bits per heavy atom. The number of anilines is 1. The minimum atomic E-state index is -0.697. The Morgan fingerprint density at radius 2 is 1.86 bits per heavy atom. The molecule has 0 saturated heterocycles. The van der Waals surface area contributed by atoms with Gasteiger partial charge in [0.2, 0.25) is 5.82 Å². The van der Waals surface area contributed by atoms with Crippen molar-refractivity contribution in [2.75, 3.05) is 5.32 Å². The van der Waals surface area contributed by atoms with E-state index in [1.807, 2.05) is 32.0 Å². The highest BCUT2D eigenvalue weighted by atomic mass is 35.5. The van der Waals surface area contributed by atoms with Crippen LogP contribution in [-0.4, -0.2) is 16.2 Å². The fraction of sp³-hybridized carbons (Fsp3) is 0.100. The van der Waals surface area contributed by atoms with Crippen molar-refractivity contribution in [1.82, 2.24) is 10.3 Å². The maximum absolute atomic E-state index is 12.7. The highest BCUT2D eigenvalue weighted by Gasteiger charge is 2.20. The zero-order valence-corrected chi connectivity index (χ0v) is 16.8. The summed E-state index contributed by atoms with van der Waals surface area (Å²) < 4.78 is 10.4. The first kappa shape index (κ1) is 19.2. The molecule has 0 spiro atoms.